The van der Waals surface area contributed by atoms with Gasteiger partial charge in [-0.2, -0.15) is 5.10 Å². The van der Waals surface area contributed by atoms with Crippen LogP contribution in [0.3, 0.4) is 0 Å². The van der Waals surface area contributed by atoms with Crippen molar-refractivity contribution in [3.05, 3.63) is 41.6 Å². The maximum Gasteiger partial charge on any atom is 0.129 e. The van der Waals surface area contributed by atoms with Crippen molar-refractivity contribution in [1.82, 2.24) is 15.1 Å². The summed E-state index contributed by atoms with van der Waals surface area (Å²) in [5.74, 6) is 0.985. The van der Waals surface area contributed by atoms with Crippen LogP contribution in [-0.4, -0.2) is 16.3 Å². The molecule has 0 aliphatic carbocycles. The fourth-order valence-electron chi connectivity index (χ4n) is 2.15. The Hall–Kier alpha value is -1.55. The summed E-state index contributed by atoms with van der Waals surface area (Å²) in [7, 11) is 0. The molecule has 1 unspecified atom stereocenters. The summed E-state index contributed by atoms with van der Waals surface area (Å²) < 4.78 is 7.65. The lowest BCUT2D eigenvalue weighted by atomic mass is 10.1. The number of nitrogens with zero attached hydrogens (tertiary/aromatic N) is 2. The second-order valence-electron chi connectivity index (χ2n) is 4.43. The van der Waals surface area contributed by atoms with Gasteiger partial charge in [0.05, 0.1) is 12.0 Å². The van der Waals surface area contributed by atoms with Crippen LogP contribution in [0, 0.1) is 6.92 Å². The zero-order valence-electron chi connectivity index (χ0n) is 11.3. The summed E-state index contributed by atoms with van der Waals surface area (Å²) >= 11 is 0. The maximum absolute atomic E-state index is 5.64. The first-order chi connectivity index (χ1) is 8.77. The van der Waals surface area contributed by atoms with Crippen LogP contribution in [0.1, 0.15) is 43.3 Å². The van der Waals surface area contributed by atoms with Crippen molar-refractivity contribution >= 4 is 0 Å². The van der Waals surface area contributed by atoms with E-state index in [0.717, 1.165) is 31.0 Å². The second-order valence-corrected chi connectivity index (χ2v) is 4.43. The first-order valence-electron chi connectivity index (χ1n) is 6.57. The Kier molecular flexibility index (Phi) is 4.20. The van der Waals surface area contributed by atoms with E-state index in [0.29, 0.717) is 0 Å². The topological polar surface area (TPSA) is 43.0 Å². The van der Waals surface area contributed by atoms with E-state index in [4.69, 9.17) is 4.42 Å². The van der Waals surface area contributed by atoms with Gasteiger partial charge in [-0.05, 0) is 44.5 Å². The molecule has 98 valence electrons. The zero-order chi connectivity index (χ0) is 13.0. The van der Waals surface area contributed by atoms with Gasteiger partial charge in [0.1, 0.15) is 11.8 Å². The average molecular weight is 247 g/mol. The van der Waals surface area contributed by atoms with E-state index in [1.807, 2.05) is 16.9 Å². The van der Waals surface area contributed by atoms with Gasteiger partial charge in [0.25, 0.3) is 0 Å². The van der Waals surface area contributed by atoms with E-state index < -0.39 is 0 Å². The van der Waals surface area contributed by atoms with Crippen molar-refractivity contribution in [2.45, 2.75) is 39.8 Å². The lowest BCUT2D eigenvalue weighted by Crippen LogP contribution is -2.26. The van der Waals surface area contributed by atoms with Crippen molar-refractivity contribution < 1.29 is 4.42 Å². The Morgan fingerprint density at radius 1 is 1.39 bits per heavy atom. The minimum absolute atomic E-state index is 0.0856. The number of rotatable bonds is 6. The van der Waals surface area contributed by atoms with Crippen molar-refractivity contribution in [2.24, 2.45) is 0 Å². The molecule has 4 nitrogen and oxygen atoms in total. The van der Waals surface area contributed by atoms with E-state index in [1.165, 1.54) is 5.56 Å². The molecule has 0 aromatic carbocycles. The van der Waals surface area contributed by atoms with Crippen LogP contribution in [-0.2, 0) is 6.54 Å². The first-order valence-corrected chi connectivity index (χ1v) is 6.57. The van der Waals surface area contributed by atoms with Crippen molar-refractivity contribution in [2.75, 3.05) is 6.54 Å². The smallest absolute Gasteiger partial charge is 0.129 e. The summed E-state index contributed by atoms with van der Waals surface area (Å²) in [5, 5.41) is 7.87. The number of hydrogen-bond donors (Lipinski definition) is 1. The normalized spacial score (nSPS) is 12.8. The van der Waals surface area contributed by atoms with Gasteiger partial charge < -0.3 is 9.73 Å². The average Bonchev–Trinajstić information content (AvgIpc) is 2.99. The molecule has 0 amide bonds. The van der Waals surface area contributed by atoms with E-state index >= 15 is 0 Å². The van der Waals surface area contributed by atoms with Gasteiger partial charge in [0.2, 0.25) is 0 Å². The molecular weight excluding hydrogens is 226 g/mol. The largest absolute Gasteiger partial charge is 0.467 e. The number of aromatic nitrogens is 2. The van der Waals surface area contributed by atoms with Crippen LogP contribution in [0.2, 0.25) is 0 Å². The third kappa shape index (κ3) is 2.48. The highest BCUT2D eigenvalue weighted by Gasteiger charge is 2.21. The molecule has 1 atom stereocenters. The Balaban J connectivity index is 2.34. The van der Waals surface area contributed by atoms with Crippen LogP contribution in [0.4, 0.5) is 0 Å². The molecule has 2 heterocycles. The molecule has 2 aromatic rings. The fourth-order valence-corrected chi connectivity index (χ4v) is 2.15. The van der Waals surface area contributed by atoms with Gasteiger partial charge in [-0.15, -0.1) is 0 Å². The molecule has 0 saturated carbocycles. The third-order valence-electron chi connectivity index (χ3n) is 3.11. The number of aryl methyl sites for hydroxylation is 2. The molecule has 0 spiro atoms. The first kappa shape index (κ1) is 12.9. The lowest BCUT2D eigenvalue weighted by Gasteiger charge is -2.18. The second kappa shape index (κ2) is 5.87. The molecule has 4 heteroatoms. The van der Waals surface area contributed by atoms with Crippen LogP contribution in [0.5, 0.6) is 0 Å². The minimum atomic E-state index is 0.0856. The molecule has 0 aliphatic rings. The van der Waals surface area contributed by atoms with Crippen molar-refractivity contribution in [3.63, 3.8) is 0 Å². The van der Waals surface area contributed by atoms with E-state index in [9.17, 15) is 0 Å². The molecule has 0 radical (unpaired) electrons. The molecule has 18 heavy (non-hydrogen) atoms. The quantitative estimate of drug-likeness (QED) is 0.853. The molecule has 1 N–H and O–H groups in total. The summed E-state index contributed by atoms with van der Waals surface area (Å²) in [5.41, 5.74) is 2.33. The predicted octanol–water partition coefficient (Wildman–Crippen LogP) is 2.89. The van der Waals surface area contributed by atoms with Crippen LogP contribution in [0.25, 0.3) is 0 Å². The highest BCUT2D eigenvalue weighted by Crippen LogP contribution is 2.25. The monoisotopic (exact) mass is 247 g/mol. The van der Waals surface area contributed by atoms with Crippen molar-refractivity contribution in [3.8, 4) is 0 Å². The van der Waals surface area contributed by atoms with Crippen molar-refractivity contribution in [1.29, 1.82) is 0 Å². The third-order valence-corrected chi connectivity index (χ3v) is 3.11. The highest BCUT2D eigenvalue weighted by molar-refractivity contribution is 5.26. The predicted molar refractivity (Wildman–Crippen MR) is 71.5 cm³/mol. The summed E-state index contributed by atoms with van der Waals surface area (Å²) in [6, 6.07) is 4.14. The molecule has 2 aromatic heterocycles. The Labute approximate surface area is 108 Å². The van der Waals surface area contributed by atoms with Gasteiger partial charge in [-0.3, -0.25) is 4.68 Å². The summed E-state index contributed by atoms with van der Waals surface area (Å²) in [6.45, 7) is 8.16. The lowest BCUT2D eigenvalue weighted by molar-refractivity contribution is 0.424. The highest BCUT2D eigenvalue weighted by atomic mass is 16.3. The van der Waals surface area contributed by atoms with Crippen LogP contribution < -0.4 is 5.32 Å². The fraction of sp³-hybridized carbons (Fsp3) is 0.500. The minimum Gasteiger partial charge on any atom is -0.467 e. The molecule has 0 fully saturated rings. The summed E-state index contributed by atoms with van der Waals surface area (Å²) in [6.07, 6.45) is 4.69. The number of nitrogens with one attached hydrogen (secondary N) is 1. The maximum atomic E-state index is 5.64. The molecule has 2 rings (SSSR count). The molecular formula is C14H21N3O. The standard InChI is InChI=1S/C14H21N3O/c1-4-8-15-13(14-11(3)7-10-18-14)12-6-9-16-17(12)5-2/h6-7,9-10,13,15H,4-5,8H2,1-3H3. The van der Waals surface area contributed by atoms with E-state index in [1.54, 1.807) is 6.26 Å². The van der Waals surface area contributed by atoms with Gasteiger partial charge in [-0.25, -0.2) is 0 Å². The van der Waals surface area contributed by atoms with Gasteiger partial charge in [0, 0.05) is 12.7 Å². The van der Waals surface area contributed by atoms with E-state index in [-0.39, 0.29) is 6.04 Å². The molecule has 0 aliphatic heterocycles. The Bertz CT molecular complexity index is 487. The molecule has 0 bridgehead atoms. The Morgan fingerprint density at radius 3 is 2.83 bits per heavy atom. The molecule has 0 saturated heterocycles. The summed E-state index contributed by atoms with van der Waals surface area (Å²) in [4.78, 5) is 0. The SMILES string of the molecule is CCCNC(c1occc1C)c1ccnn1CC. The zero-order valence-corrected chi connectivity index (χ0v) is 11.3. The van der Waals surface area contributed by atoms with Gasteiger partial charge in [-0.1, -0.05) is 6.92 Å². The van der Waals surface area contributed by atoms with Gasteiger partial charge >= 0.3 is 0 Å². The van der Waals surface area contributed by atoms with Gasteiger partial charge in [0.15, 0.2) is 0 Å². The number of hydrogen-bond acceptors (Lipinski definition) is 3. The van der Waals surface area contributed by atoms with E-state index in [2.05, 4.69) is 37.3 Å². The Morgan fingerprint density at radius 2 is 2.22 bits per heavy atom. The number of furan rings is 1. The van der Waals surface area contributed by atoms with Crippen LogP contribution >= 0.6 is 0 Å². The van der Waals surface area contributed by atoms with Crippen LogP contribution in [0.15, 0.2) is 29.0 Å².